The molecule has 0 saturated carbocycles. The van der Waals surface area contributed by atoms with Crippen LogP contribution >= 0.6 is 0 Å². The van der Waals surface area contributed by atoms with Crippen molar-refractivity contribution in [2.24, 2.45) is 0 Å². The third kappa shape index (κ3) is 62.4. The quantitative estimate of drug-likeness (QED) is 0.0261. The van der Waals surface area contributed by atoms with Crippen LogP contribution in [0.5, 0.6) is 0 Å². The molecule has 6 nitrogen and oxygen atoms in total. The van der Waals surface area contributed by atoms with Crippen molar-refractivity contribution < 1.29 is 28.6 Å². The van der Waals surface area contributed by atoms with Gasteiger partial charge in [0.25, 0.3) is 0 Å². The highest BCUT2D eigenvalue weighted by molar-refractivity contribution is 5.71. The first-order chi connectivity index (χ1) is 37.0. The summed E-state index contributed by atoms with van der Waals surface area (Å²) >= 11 is 0. The first-order valence-corrected chi connectivity index (χ1v) is 33.5. The minimum atomic E-state index is -0.779. The van der Waals surface area contributed by atoms with Gasteiger partial charge in [-0.2, -0.15) is 0 Å². The third-order valence-corrected chi connectivity index (χ3v) is 15.1. The van der Waals surface area contributed by atoms with E-state index in [0.29, 0.717) is 19.3 Å². The zero-order valence-electron chi connectivity index (χ0n) is 50.6. The number of hydrogen-bond donors (Lipinski definition) is 0. The van der Waals surface area contributed by atoms with Gasteiger partial charge in [0.05, 0.1) is 0 Å². The molecule has 75 heavy (non-hydrogen) atoms. The van der Waals surface area contributed by atoms with Crippen molar-refractivity contribution in [2.45, 2.75) is 374 Å². The average Bonchev–Trinajstić information content (AvgIpc) is 3.41. The van der Waals surface area contributed by atoms with Gasteiger partial charge in [-0.15, -0.1) is 0 Å². The van der Waals surface area contributed by atoms with Crippen LogP contribution in [0.15, 0.2) is 36.5 Å². The highest BCUT2D eigenvalue weighted by Gasteiger charge is 2.19. The molecule has 0 aliphatic heterocycles. The smallest absolute Gasteiger partial charge is 0.306 e. The first-order valence-electron chi connectivity index (χ1n) is 33.5. The summed E-state index contributed by atoms with van der Waals surface area (Å²) in [5.74, 6) is -0.869. The van der Waals surface area contributed by atoms with Gasteiger partial charge in [-0.25, -0.2) is 0 Å². The van der Waals surface area contributed by atoms with E-state index in [9.17, 15) is 14.4 Å². The summed E-state index contributed by atoms with van der Waals surface area (Å²) in [6.07, 6.45) is 78.8. The largest absolute Gasteiger partial charge is 0.462 e. The Morgan fingerprint density at radius 1 is 0.267 bits per heavy atom. The Morgan fingerprint density at radius 2 is 0.493 bits per heavy atom. The molecule has 0 aromatic heterocycles. The maximum atomic E-state index is 12.9. The molecule has 0 radical (unpaired) electrons. The summed E-state index contributed by atoms with van der Waals surface area (Å²) in [6, 6.07) is 0. The van der Waals surface area contributed by atoms with E-state index >= 15 is 0 Å². The Hall–Kier alpha value is -2.37. The van der Waals surface area contributed by atoms with E-state index in [-0.39, 0.29) is 31.1 Å². The van der Waals surface area contributed by atoms with Crippen molar-refractivity contribution in [1.82, 2.24) is 0 Å². The minimum absolute atomic E-state index is 0.0743. The summed E-state index contributed by atoms with van der Waals surface area (Å²) < 4.78 is 16.9. The first kappa shape index (κ1) is 72.6. The molecule has 0 N–H and O–H groups in total. The molecule has 0 amide bonds. The lowest BCUT2D eigenvalue weighted by Gasteiger charge is -2.18. The lowest BCUT2D eigenvalue weighted by Crippen LogP contribution is -2.30. The van der Waals surface area contributed by atoms with E-state index < -0.39 is 6.10 Å². The van der Waals surface area contributed by atoms with Crippen LogP contribution in [0, 0.1) is 0 Å². The van der Waals surface area contributed by atoms with E-state index in [1.165, 1.54) is 250 Å². The van der Waals surface area contributed by atoms with E-state index in [0.717, 1.165) is 77.0 Å². The van der Waals surface area contributed by atoms with E-state index in [1.807, 2.05) is 0 Å². The molecule has 0 heterocycles. The molecular weight excluding hydrogens is 925 g/mol. The highest BCUT2D eigenvalue weighted by Crippen LogP contribution is 2.18. The van der Waals surface area contributed by atoms with Gasteiger partial charge in [0, 0.05) is 19.3 Å². The van der Waals surface area contributed by atoms with Gasteiger partial charge in [-0.3, -0.25) is 14.4 Å². The molecule has 440 valence electrons. The molecule has 0 saturated heterocycles. The normalized spacial score (nSPS) is 12.2. The number of unbranched alkanes of at least 4 members (excludes halogenated alkanes) is 45. The number of esters is 3. The Bertz CT molecular complexity index is 1250. The van der Waals surface area contributed by atoms with E-state index in [1.54, 1.807) is 0 Å². The number of ether oxygens (including phenoxy) is 3. The molecule has 6 heteroatoms. The number of carbonyl (C=O) groups excluding carboxylic acids is 3. The predicted octanol–water partition coefficient (Wildman–Crippen LogP) is 22.8. The number of rotatable bonds is 62. The highest BCUT2D eigenvalue weighted by atomic mass is 16.6. The average molecular weight is 1050 g/mol. The molecule has 0 rings (SSSR count). The summed E-state index contributed by atoms with van der Waals surface area (Å²) in [4.78, 5) is 38.3. The van der Waals surface area contributed by atoms with E-state index in [2.05, 4.69) is 57.2 Å². The van der Waals surface area contributed by atoms with Gasteiger partial charge in [0.15, 0.2) is 6.10 Å². The van der Waals surface area contributed by atoms with Crippen LogP contribution in [0.4, 0.5) is 0 Å². The Morgan fingerprint density at radius 3 is 0.787 bits per heavy atom. The van der Waals surface area contributed by atoms with Crippen LogP contribution in [0.25, 0.3) is 0 Å². The SMILES string of the molecule is CCCC/C=C\C/C=C\CCCCCCCC(=O)OCC(COC(=O)CCCCCCCCCCCCCCCCCCCCCCCCCCCC)OC(=O)CCCCCCCCC/C=C\CCCCCCCC. The monoisotopic (exact) mass is 1050 g/mol. The molecule has 0 spiro atoms. The van der Waals surface area contributed by atoms with Crippen molar-refractivity contribution in [2.75, 3.05) is 13.2 Å². The van der Waals surface area contributed by atoms with Crippen molar-refractivity contribution in [3.63, 3.8) is 0 Å². The fraction of sp³-hybridized carbons (Fsp3) is 0.870. The van der Waals surface area contributed by atoms with Crippen molar-refractivity contribution in [1.29, 1.82) is 0 Å². The standard InChI is InChI=1S/C69H128O6/c1-4-7-10-13-16-19-22-25-28-30-31-32-33-34-35-36-37-38-40-41-44-47-50-53-56-59-62-68(71)74-65-66(64-73-67(70)61-58-55-52-49-46-43-27-24-21-18-15-12-9-6-3)75-69(72)63-60-57-54-51-48-45-42-39-29-26-23-20-17-14-11-8-5-2/h15,18,24,26-27,29,66H,4-14,16-17,19-23,25,28,30-65H2,1-3H3/b18-15-,27-24-,29-26-. The van der Waals surface area contributed by atoms with Gasteiger partial charge in [-0.05, 0) is 70.6 Å². The van der Waals surface area contributed by atoms with Crippen LogP contribution in [0.1, 0.15) is 367 Å². The zero-order valence-corrected chi connectivity index (χ0v) is 50.6. The summed E-state index contributed by atoms with van der Waals surface area (Å²) in [6.45, 7) is 6.64. The Balaban J connectivity index is 4.23. The molecule has 1 unspecified atom stereocenters. The second kappa shape index (κ2) is 64.2. The maximum absolute atomic E-state index is 12.9. The predicted molar refractivity (Wildman–Crippen MR) is 326 cm³/mol. The zero-order chi connectivity index (χ0) is 54.3. The Kier molecular flexibility index (Phi) is 62.1. The van der Waals surface area contributed by atoms with Crippen LogP contribution < -0.4 is 0 Å². The fourth-order valence-corrected chi connectivity index (χ4v) is 10.0. The fourth-order valence-electron chi connectivity index (χ4n) is 10.0. The van der Waals surface area contributed by atoms with E-state index in [4.69, 9.17) is 14.2 Å². The van der Waals surface area contributed by atoms with Gasteiger partial charge < -0.3 is 14.2 Å². The second-order valence-electron chi connectivity index (χ2n) is 22.7. The molecule has 0 aliphatic carbocycles. The van der Waals surface area contributed by atoms with Gasteiger partial charge >= 0.3 is 17.9 Å². The molecule has 0 aliphatic rings. The molecule has 0 aromatic carbocycles. The minimum Gasteiger partial charge on any atom is -0.462 e. The van der Waals surface area contributed by atoms with Gasteiger partial charge in [0.1, 0.15) is 13.2 Å². The molecule has 1 atom stereocenters. The molecule has 0 bridgehead atoms. The van der Waals surface area contributed by atoms with Gasteiger partial charge in [-0.1, -0.05) is 314 Å². The van der Waals surface area contributed by atoms with Crippen molar-refractivity contribution in [3.05, 3.63) is 36.5 Å². The summed E-state index contributed by atoms with van der Waals surface area (Å²) in [5, 5.41) is 0. The summed E-state index contributed by atoms with van der Waals surface area (Å²) in [5.41, 5.74) is 0. The molecule has 0 aromatic rings. The lowest BCUT2D eigenvalue weighted by molar-refractivity contribution is -0.167. The lowest BCUT2D eigenvalue weighted by atomic mass is 10.0. The van der Waals surface area contributed by atoms with Crippen LogP contribution in [-0.4, -0.2) is 37.2 Å². The number of carbonyl (C=O) groups is 3. The van der Waals surface area contributed by atoms with Gasteiger partial charge in [0.2, 0.25) is 0 Å². The topological polar surface area (TPSA) is 78.9 Å². The number of allylic oxidation sites excluding steroid dienone is 6. The van der Waals surface area contributed by atoms with Crippen LogP contribution in [0.2, 0.25) is 0 Å². The molecule has 0 fully saturated rings. The van der Waals surface area contributed by atoms with Crippen LogP contribution in [-0.2, 0) is 28.6 Å². The van der Waals surface area contributed by atoms with Crippen molar-refractivity contribution in [3.8, 4) is 0 Å². The molecular formula is C69H128O6. The maximum Gasteiger partial charge on any atom is 0.306 e. The third-order valence-electron chi connectivity index (χ3n) is 15.1. The second-order valence-corrected chi connectivity index (χ2v) is 22.7. The Labute approximate surface area is 467 Å². The summed E-state index contributed by atoms with van der Waals surface area (Å²) in [7, 11) is 0. The number of hydrogen-bond acceptors (Lipinski definition) is 6. The van der Waals surface area contributed by atoms with Crippen molar-refractivity contribution >= 4 is 17.9 Å². The van der Waals surface area contributed by atoms with Crippen LogP contribution in [0.3, 0.4) is 0 Å².